The highest BCUT2D eigenvalue weighted by molar-refractivity contribution is 5.68. The molecule has 0 aliphatic rings. The zero-order chi connectivity index (χ0) is 12.6. The van der Waals surface area contributed by atoms with Crippen molar-refractivity contribution in [3.8, 4) is 22.8 Å². The van der Waals surface area contributed by atoms with E-state index in [9.17, 15) is 14.3 Å². The Morgan fingerprint density at radius 2 is 2.18 bits per heavy atom. The minimum absolute atomic E-state index is 0.0362. The predicted molar refractivity (Wildman–Crippen MR) is 59.6 cm³/mol. The number of methoxy groups -OCH3 is 1. The summed E-state index contributed by atoms with van der Waals surface area (Å²) in [5.74, 6) is -0.743. The van der Waals surface area contributed by atoms with Crippen LogP contribution >= 0.6 is 0 Å². The van der Waals surface area contributed by atoms with Crippen molar-refractivity contribution in [2.75, 3.05) is 7.11 Å². The van der Waals surface area contributed by atoms with E-state index >= 15 is 0 Å². The summed E-state index contributed by atoms with van der Waals surface area (Å²) in [6.45, 7) is 0. The SMILES string of the molecule is COc1ccc(-c2c(O)n(C)[nH]c2=O)cc1F. The van der Waals surface area contributed by atoms with Crippen molar-refractivity contribution in [2.24, 2.45) is 7.05 Å². The van der Waals surface area contributed by atoms with Gasteiger partial charge < -0.3 is 9.84 Å². The van der Waals surface area contributed by atoms with Gasteiger partial charge in [-0.1, -0.05) is 6.07 Å². The second-order valence-electron chi connectivity index (χ2n) is 3.55. The van der Waals surface area contributed by atoms with Crippen LogP contribution in [-0.4, -0.2) is 22.0 Å². The molecule has 6 heteroatoms. The Morgan fingerprint density at radius 3 is 2.65 bits per heavy atom. The van der Waals surface area contributed by atoms with Crippen molar-refractivity contribution in [2.45, 2.75) is 0 Å². The molecule has 1 aromatic carbocycles. The Morgan fingerprint density at radius 1 is 1.47 bits per heavy atom. The fraction of sp³-hybridized carbons (Fsp3) is 0.182. The molecule has 0 amide bonds. The second-order valence-corrected chi connectivity index (χ2v) is 3.55. The maximum absolute atomic E-state index is 13.5. The van der Waals surface area contributed by atoms with Gasteiger partial charge in [0, 0.05) is 7.05 Å². The number of aromatic hydroxyl groups is 1. The third kappa shape index (κ3) is 1.77. The maximum atomic E-state index is 13.5. The third-order valence-corrected chi connectivity index (χ3v) is 2.48. The Labute approximate surface area is 96.1 Å². The highest BCUT2D eigenvalue weighted by atomic mass is 19.1. The van der Waals surface area contributed by atoms with E-state index in [1.807, 2.05) is 0 Å². The van der Waals surface area contributed by atoms with Crippen molar-refractivity contribution in [1.29, 1.82) is 0 Å². The lowest BCUT2D eigenvalue weighted by Gasteiger charge is -2.03. The number of aromatic nitrogens is 2. The fourth-order valence-corrected chi connectivity index (χ4v) is 1.61. The number of aromatic amines is 1. The average molecular weight is 238 g/mol. The number of nitrogens with zero attached hydrogens (tertiary/aromatic N) is 1. The number of rotatable bonds is 2. The summed E-state index contributed by atoms with van der Waals surface area (Å²) >= 11 is 0. The Hall–Kier alpha value is -2.24. The molecule has 17 heavy (non-hydrogen) atoms. The Kier molecular flexibility index (Phi) is 2.63. The summed E-state index contributed by atoms with van der Waals surface area (Å²) in [6.07, 6.45) is 0. The van der Waals surface area contributed by atoms with Crippen molar-refractivity contribution < 1.29 is 14.2 Å². The molecule has 90 valence electrons. The number of ether oxygens (including phenoxy) is 1. The van der Waals surface area contributed by atoms with Gasteiger partial charge in [0.2, 0.25) is 5.88 Å². The van der Waals surface area contributed by atoms with E-state index in [1.54, 1.807) is 0 Å². The molecule has 2 aromatic rings. The van der Waals surface area contributed by atoms with Crippen molar-refractivity contribution >= 4 is 0 Å². The summed E-state index contributed by atoms with van der Waals surface area (Å²) in [7, 11) is 2.84. The lowest BCUT2D eigenvalue weighted by atomic mass is 10.1. The molecular weight excluding hydrogens is 227 g/mol. The monoisotopic (exact) mass is 238 g/mol. The summed E-state index contributed by atoms with van der Waals surface area (Å²) in [4.78, 5) is 11.5. The number of hydrogen-bond donors (Lipinski definition) is 2. The van der Waals surface area contributed by atoms with Crippen LogP contribution in [0.15, 0.2) is 23.0 Å². The van der Waals surface area contributed by atoms with Gasteiger partial charge in [0.05, 0.1) is 7.11 Å². The van der Waals surface area contributed by atoms with Crippen LogP contribution in [0, 0.1) is 5.82 Å². The van der Waals surface area contributed by atoms with Crippen molar-refractivity contribution in [3.05, 3.63) is 34.4 Å². The largest absolute Gasteiger partial charge is 0.494 e. The van der Waals surface area contributed by atoms with E-state index in [-0.39, 0.29) is 17.2 Å². The highest BCUT2D eigenvalue weighted by Crippen LogP contribution is 2.28. The van der Waals surface area contributed by atoms with Crippen LogP contribution in [0.1, 0.15) is 0 Å². The van der Waals surface area contributed by atoms with Gasteiger partial charge in [-0.2, -0.15) is 0 Å². The smallest absolute Gasteiger partial charge is 0.275 e. The highest BCUT2D eigenvalue weighted by Gasteiger charge is 2.15. The normalized spacial score (nSPS) is 10.5. The van der Waals surface area contributed by atoms with E-state index in [0.717, 1.165) is 6.07 Å². The molecule has 1 aromatic heterocycles. The molecule has 0 spiro atoms. The van der Waals surface area contributed by atoms with Gasteiger partial charge in [-0.25, -0.2) is 4.39 Å². The van der Waals surface area contributed by atoms with Crippen LogP contribution in [0.25, 0.3) is 11.1 Å². The summed E-state index contributed by atoms with van der Waals surface area (Å²) in [5, 5.41) is 12.0. The molecule has 0 aliphatic heterocycles. The van der Waals surface area contributed by atoms with Crippen LogP contribution in [0.3, 0.4) is 0 Å². The van der Waals surface area contributed by atoms with Crippen molar-refractivity contribution in [3.63, 3.8) is 0 Å². The molecule has 0 atom stereocenters. The average Bonchev–Trinajstić information content (AvgIpc) is 2.53. The first-order chi connectivity index (χ1) is 8.04. The lowest BCUT2D eigenvalue weighted by molar-refractivity contribution is 0.386. The molecular formula is C11H11FN2O3. The maximum Gasteiger partial charge on any atom is 0.275 e. The molecule has 2 rings (SSSR count). The number of halogens is 1. The van der Waals surface area contributed by atoms with E-state index in [1.165, 1.54) is 31.0 Å². The van der Waals surface area contributed by atoms with Gasteiger partial charge in [0.15, 0.2) is 11.6 Å². The molecule has 0 saturated heterocycles. The minimum Gasteiger partial charge on any atom is -0.494 e. The van der Waals surface area contributed by atoms with Gasteiger partial charge in [-0.3, -0.25) is 14.6 Å². The van der Waals surface area contributed by atoms with Crippen LogP contribution in [-0.2, 0) is 7.05 Å². The fourth-order valence-electron chi connectivity index (χ4n) is 1.61. The number of nitrogens with one attached hydrogen (secondary N) is 1. The summed E-state index contributed by atoms with van der Waals surface area (Å²) in [5.41, 5.74) is -0.147. The van der Waals surface area contributed by atoms with Gasteiger partial charge >= 0.3 is 0 Å². The van der Waals surface area contributed by atoms with Crippen LogP contribution in [0.2, 0.25) is 0 Å². The molecule has 0 aliphatic carbocycles. The number of H-pyrrole nitrogens is 1. The number of benzene rings is 1. The number of aryl methyl sites for hydroxylation is 1. The third-order valence-electron chi connectivity index (χ3n) is 2.48. The van der Waals surface area contributed by atoms with Gasteiger partial charge in [0.25, 0.3) is 5.56 Å². The second kappa shape index (κ2) is 3.97. The molecule has 0 bridgehead atoms. The molecule has 2 N–H and O–H groups in total. The predicted octanol–water partition coefficient (Wildman–Crippen LogP) is 1.23. The standard InChI is InChI=1S/C11H11FN2O3/c1-14-11(16)9(10(15)13-14)6-3-4-8(17-2)7(12)5-6/h3-5,16H,1-2H3,(H,13,15). The van der Waals surface area contributed by atoms with Gasteiger partial charge in [0.1, 0.15) is 5.56 Å². The number of hydrogen-bond acceptors (Lipinski definition) is 3. The van der Waals surface area contributed by atoms with Crippen LogP contribution in [0.5, 0.6) is 11.6 Å². The molecule has 0 fully saturated rings. The van der Waals surface area contributed by atoms with Crippen LogP contribution < -0.4 is 10.3 Å². The minimum atomic E-state index is -0.590. The summed E-state index contributed by atoms with van der Waals surface area (Å²) in [6, 6.07) is 4.05. The topological polar surface area (TPSA) is 67.2 Å². The van der Waals surface area contributed by atoms with Crippen molar-refractivity contribution in [1.82, 2.24) is 9.78 Å². The first-order valence-corrected chi connectivity index (χ1v) is 4.86. The molecule has 0 saturated carbocycles. The van der Waals surface area contributed by atoms with E-state index < -0.39 is 11.4 Å². The van der Waals surface area contributed by atoms with Gasteiger partial charge in [-0.05, 0) is 17.7 Å². The molecule has 0 radical (unpaired) electrons. The van der Waals surface area contributed by atoms with Crippen LogP contribution in [0.4, 0.5) is 4.39 Å². The zero-order valence-electron chi connectivity index (χ0n) is 9.32. The quantitative estimate of drug-likeness (QED) is 0.827. The summed E-state index contributed by atoms with van der Waals surface area (Å²) < 4.78 is 19.4. The van der Waals surface area contributed by atoms with E-state index in [4.69, 9.17) is 4.74 Å². The molecule has 5 nitrogen and oxygen atoms in total. The molecule has 0 unspecified atom stereocenters. The first-order valence-electron chi connectivity index (χ1n) is 4.86. The first kappa shape index (κ1) is 11.3. The zero-order valence-corrected chi connectivity index (χ0v) is 9.32. The van der Waals surface area contributed by atoms with E-state index in [2.05, 4.69) is 5.10 Å². The Bertz CT molecular complexity index is 616. The molecule has 1 heterocycles. The lowest BCUT2D eigenvalue weighted by Crippen LogP contribution is -2.04. The Balaban J connectivity index is 2.61. The van der Waals surface area contributed by atoms with E-state index in [0.29, 0.717) is 5.56 Å². The van der Waals surface area contributed by atoms with Gasteiger partial charge in [-0.15, -0.1) is 0 Å².